The maximum atomic E-state index is 12.9. The van der Waals surface area contributed by atoms with Gasteiger partial charge in [-0.3, -0.25) is 9.48 Å². The monoisotopic (exact) mass is 318 g/mol. The highest BCUT2D eigenvalue weighted by molar-refractivity contribution is 5.92. The fourth-order valence-corrected chi connectivity index (χ4v) is 3.57. The average Bonchev–Trinajstić information content (AvgIpc) is 3.24. The molecular weight excluding hydrogens is 288 g/mol. The normalized spacial score (nSPS) is 22.4. The van der Waals surface area contributed by atoms with Crippen molar-refractivity contribution in [2.75, 3.05) is 26.7 Å². The van der Waals surface area contributed by atoms with Crippen molar-refractivity contribution in [3.8, 4) is 0 Å². The quantitative estimate of drug-likeness (QED) is 0.928. The van der Waals surface area contributed by atoms with E-state index >= 15 is 0 Å². The number of rotatable bonds is 4. The summed E-state index contributed by atoms with van der Waals surface area (Å²) in [7, 11) is 1.98. The van der Waals surface area contributed by atoms with Gasteiger partial charge in [0.2, 0.25) is 0 Å². The van der Waals surface area contributed by atoms with E-state index in [-0.39, 0.29) is 11.4 Å². The van der Waals surface area contributed by atoms with Crippen LogP contribution in [0.5, 0.6) is 0 Å². The van der Waals surface area contributed by atoms with E-state index in [9.17, 15) is 4.79 Å². The van der Waals surface area contributed by atoms with Crippen LogP contribution in [-0.2, 0) is 5.54 Å². The van der Waals surface area contributed by atoms with Crippen LogP contribution in [-0.4, -0.2) is 47.3 Å². The van der Waals surface area contributed by atoms with Gasteiger partial charge in [-0.25, -0.2) is 0 Å². The molecule has 1 aromatic heterocycles. The summed E-state index contributed by atoms with van der Waals surface area (Å²) < 4.78 is 2.08. The largest absolute Gasteiger partial charge is 0.337 e. The lowest BCUT2D eigenvalue weighted by Gasteiger charge is -2.32. The molecule has 1 atom stereocenters. The van der Waals surface area contributed by atoms with Crippen LogP contribution in [0.3, 0.4) is 0 Å². The number of hydrogen-bond acceptors (Lipinski definition) is 3. The SMILES string of the molecule is CNCC1CCCN(C(=O)c2cc(C3CC3)n(C(C)(C)C)n2)C1. The first-order chi connectivity index (χ1) is 10.9. The zero-order valence-electron chi connectivity index (χ0n) is 14.9. The van der Waals surface area contributed by atoms with Crippen molar-refractivity contribution in [2.45, 2.75) is 57.9 Å². The van der Waals surface area contributed by atoms with Gasteiger partial charge in [0.1, 0.15) is 0 Å². The molecule has 0 bridgehead atoms. The molecule has 1 N–H and O–H groups in total. The van der Waals surface area contributed by atoms with Crippen molar-refractivity contribution in [3.05, 3.63) is 17.5 Å². The van der Waals surface area contributed by atoms with Gasteiger partial charge >= 0.3 is 0 Å². The summed E-state index contributed by atoms with van der Waals surface area (Å²) in [5.41, 5.74) is 1.80. The number of nitrogens with zero attached hydrogens (tertiary/aromatic N) is 3. The number of likely N-dealkylation sites (tertiary alicyclic amines) is 1. The second-order valence-electron chi connectivity index (χ2n) is 8.13. The van der Waals surface area contributed by atoms with Gasteiger partial charge in [0.15, 0.2) is 5.69 Å². The van der Waals surface area contributed by atoms with Crippen LogP contribution in [0.4, 0.5) is 0 Å². The molecule has 2 aliphatic rings. The highest BCUT2D eigenvalue weighted by atomic mass is 16.2. The van der Waals surface area contributed by atoms with Crippen LogP contribution in [0.2, 0.25) is 0 Å². The lowest BCUT2D eigenvalue weighted by molar-refractivity contribution is 0.0666. The minimum Gasteiger partial charge on any atom is -0.337 e. The molecule has 1 amide bonds. The third-order valence-electron chi connectivity index (χ3n) is 4.89. The Labute approximate surface area is 139 Å². The molecular formula is C18H30N4O. The van der Waals surface area contributed by atoms with Crippen LogP contribution in [0.15, 0.2) is 6.07 Å². The fourth-order valence-electron chi connectivity index (χ4n) is 3.57. The molecule has 5 heteroatoms. The van der Waals surface area contributed by atoms with Crippen molar-refractivity contribution >= 4 is 5.91 Å². The Hall–Kier alpha value is -1.36. The lowest BCUT2D eigenvalue weighted by atomic mass is 9.98. The third-order valence-corrected chi connectivity index (χ3v) is 4.89. The summed E-state index contributed by atoms with van der Waals surface area (Å²) in [5.74, 6) is 1.27. The molecule has 2 fully saturated rings. The van der Waals surface area contributed by atoms with Gasteiger partial charge in [0.25, 0.3) is 5.91 Å². The molecule has 0 radical (unpaired) electrons. The highest BCUT2D eigenvalue weighted by Crippen LogP contribution is 2.41. The number of piperidine rings is 1. The fraction of sp³-hybridized carbons (Fsp3) is 0.778. The van der Waals surface area contributed by atoms with Gasteiger partial charge in [0, 0.05) is 24.7 Å². The molecule has 1 unspecified atom stereocenters. The Kier molecular flexibility index (Phi) is 4.50. The predicted octanol–water partition coefficient (Wildman–Crippen LogP) is 2.59. The molecule has 1 aliphatic heterocycles. The minimum absolute atomic E-state index is 0.0764. The Morgan fingerprint density at radius 1 is 1.35 bits per heavy atom. The molecule has 1 aromatic rings. The van der Waals surface area contributed by atoms with E-state index in [4.69, 9.17) is 5.10 Å². The van der Waals surface area contributed by atoms with Crippen LogP contribution in [0.25, 0.3) is 0 Å². The second-order valence-corrected chi connectivity index (χ2v) is 8.13. The van der Waals surface area contributed by atoms with E-state index in [0.717, 1.165) is 26.1 Å². The lowest BCUT2D eigenvalue weighted by Crippen LogP contribution is -2.42. The minimum atomic E-state index is -0.0764. The summed E-state index contributed by atoms with van der Waals surface area (Å²) in [4.78, 5) is 14.9. The zero-order valence-corrected chi connectivity index (χ0v) is 14.9. The maximum Gasteiger partial charge on any atom is 0.274 e. The van der Waals surface area contributed by atoms with E-state index in [1.165, 1.54) is 25.0 Å². The molecule has 1 saturated carbocycles. The summed E-state index contributed by atoms with van der Waals surface area (Å²) >= 11 is 0. The van der Waals surface area contributed by atoms with Crippen LogP contribution in [0, 0.1) is 5.92 Å². The average molecular weight is 318 g/mol. The molecule has 0 spiro atoms. The molecule has 2 heterocycles. The molecule has 128 valence electrons. The van der Waals surface area contributed by atoms with Crippen LogP contribution < -0.4 is 5.32 Å². The zero-order chi connectivity index (χ0) is 16.6. The number of hydrogen-bond donors (Lipinski definition) is 1. The van der Waals surface area contributed by atoms with E-state index in [1.54, 1.807) is 0 Å². The predicted molar refractivity (Wildman–Crippen MR) is 91.8 cm³/mol. The topological polar surface area (TPSA) is 50.2 Å². The number of carbonyl (C=O) groups excluding carboxylic acids is 1. The Balaban J connectivity index is 1.79. The van der Waals surface area contributed by atoms with Gasteiger partial charge in [0.05, 0.1) is 5.54 Å². The van der Waals surface area contributed by atoms with Crippen molar-refractivity contribution in [1.82, 2.24) is 20.0 Å². The molecule has 23 heavy (non-hydrogen) atoms. The van der Waals surface area contributed by atoms with Gasteiger partial charge in [-0.1, -0.05) is 0 Å². The number of carbonyl (C=O) groups is 1. The van der Waals surface area contributed by atoms with Crippen molar-refractivity contribution < 1.29 is 4.79 Å². The highest BCUT2D eigenvalue weighted by Gasteiger charge is 2.34. The summed E-state index contributed by atoms with van der Waals surface area (Å²) in [6.07, 6.45) is 4.74. The first-order valence-electron chi connectivity index (χ1n) is 8.94. The van der Waals surface area contributed by atoms with Gasteiger partial charge < -0.3 is 10.2 Å². The van der Waals surface area contributed by atoms with Gasteiger partial charge in [-0.15, -0.1) is 0 Å². The first kappa shape index (κ1) is 16.5. The summed E-state index contributed by atoms with van der Waals surface area (Å²) in [6.45, 7) is 9.16. The first-order valence-corrected chi connectivity index (χ1v) is 8.94. The van der Waals surface area contributed by atoms with Gasteiger partial charge in [-0.05, 0) is 72.0 Å². The van der Waals surface area contributed by atoms with E-state index in [0.29, 0.717) is 17.5 Å². The third kappa shape index (κ3) is 3.60. The molecule has 1 saturated heterocycles. The Morgan fingerprint density at radius 3 is 2.70 bits per heavy atom. The maximum absolute atomic E-state index is 12.9. The van der Waals surface area contributed by atoms with Gasteiger partial charge in [-0.2, -0.15) is 5.10 Å². The van der Waals surface area contributed by atoms with Crippen molar-refractivity contribution in [3.63, 3.8) is 0 Å². The smallest absolute Gasteiger partial charge is 0.274 e. The number of aromatic nitrogens is 2. The summed E-state index contributed by atoms with van der Waals surface area (Å²) in [6, 6.07) is 2.05. The number of amides is 1. The Bertz CT molecular complexity index is 566. The standard InChI is InChI=1S/C18H30N4O/c1-18(2,3)22-16(14-7-8-14)10-15(20-22)17(23)21-9-5-6-13(12-21)11-19-4/h10,13-14,19H,5-9,11-12H2,1-4H3. The van der Waals surface area contributed by atoms with Crippen molar-refractivity contribution in [2.24, 2.45) is 5.92 Å². The summed E-state index contributed by atoms with van der Waals surface area (Å²) in [5, 5.41) is 7.93. The van der Waals surface area contributed by atoms with E-state index in [2.05, 4.69) is 30.8 Å². The van der Waals surface area contributed by atoms with Crippen LogP contribution >= 0.6 is 0 Å². The second kappa shape index (κ2) is 6.27. The van der Waals surface area contributed by atoms with Crippen LogP contribution in [0.1, 0.15) is 68.6 Å². The Morgan fingerprint density at radius 2 is 2.09 bits per heavy atom. The molecule has 1 aliphatic carbocycles. The molecule has 5 nitrogen and oxygen atoms in total. The van der Waals surface area contributed by atoms with E-state index < -0.39 is 0 Å². The molecule has 0 aromatic carbocycles. The van der Waals surface area contributed by atoms with Crippen molar-refractivity contribution in [1.29, 1.82) is 0 Å². The van der Waals surface area contributed by atoms with E-state index in [1.807, 2.05) is 18.0 Å². The molecule has 3 rings (SSSR count). The number of nitrogens with one attached hydrogen (secondary N) is 1.